The van der Waals surface area contributed by atoms with Gasteiger partial charge in [-0.3, -0.25) is 9.59 Å². The van der Waals surface area contributed by atoms with E-state index in [0.717, 1.165) is 62.2 Å². The summed E-state index contributed by atoms with van der Waals surface area (Å²) < 4.78 is 0. The minimum Gasteiger partial charge on any atom is -0.343 e. The fraction of sp³-hybridized carbons (Fsp3) is 0.593. The van der Waals surface area contributed by atoms with Gasteiger partial charge in [-0.25, -0.2) is 4.98 Å². The molecule has 35 heavy (non-hydrogen) atoms. The molecular formula is C27H38N4O2S2. The van der Waals surface area contributed by atoms with E-state index in [1.54, 1.807) is 30.1 Å². The van der Waals surface area contributed by atoms with E-state index >= 15 is 0 Å². The Hall–Kier alpha value is -1.90. The number of carbonyl (C=O) groups excluding carboxylic acids is 2. The molecule has 1 saturated carbocycles. The molecular weight excluding hydrogens is 476 g/mol. The average Bonchev–Trinajstić information content (AvgIpc) is 3.56. The molecule has 2 aliphatic rings. The molecule has 1 aromatic carbocycles. The zero-order valence-corrected chi connectivity index (χ0v) is 22.7. The SMILES string of the molecule is CN[C@@H](C)C(=O)N[C@H](C(=O)N1CCC[C@H]1c1nc(Cc2cccc(SC)c2)cs1)C1CCCCC1. The Morgan fingerprint density at radius 1 is 1.20 bits per heavy atom. The number of aromatic nitrogens is 1. The van der Waals surface area contributed by atoms with Crippen LogP contribution < -0.4 is 10.6 Å². The predicted molar refractivity (Wildman–Crippen MR) is 144 cm³/mol. The number of likely N-dealkylation sites (tertiary alicyclic amines) is 1. The van der Waals surface area contributed by atoms with Crippen molar-refractivity contribution >= 4 is 34.9 Å². The second-order valence-corrected chi connectivity index (χ2v) is 11.6. The van der Waals surface area contributed by atoms with E-state index in [1.807, 2.05) is 11.8 Å². The second-order valence-electron chi connectivity index (χ2n) is 9.79. The largest absolute Gasteiger partial charge is 0.343 e. The number of rotatable bonds is 9. The summed E-state index contributed by atoms with van der Waals surface area (Å²) in [5.74, 6) is 0.178. The predicted octanol–water partition coefficient (Wildman–Crippen LogP) is 4.79. The summed E-state index contributed by atoms with van der Waals surface area (Å²) in [6.07, 6.45) is 10.3. The van der Waals surface area contributed by atoms with Gasteiger partial charge in [0, 0.05) is 23.2 Å². The smallest absolute Gasteiger partial charge is 0.246 e. The van der Waals surface area contributed by atoms with Crippen molar-refractivity contribution in [3.63, 3.8) is 0 Å². The number of thioether (sulfide) groups is 1. The van der Waals surface area contributed by atoms with Gasteiger partial charge < -0.3 is 15.5 Å². The van der Waals surface area contributed by atoms with Crippen LogP contribution in [0.1, 0.15) is 74.2 Å². The Bertz CT molecular complexity index is 1000. The first kappa shape index (κ1) is 26.2. The normalized spacial score (nSPS) is 20.5. The van der Waals surface area contributed by atoms with Gasteiger partial charge in [-0.1, -0.05) is 31.4 Å². The number of likely N-dealkylation sites (N-methyl/N-ethyl adjacent to an activating group) is 1. The summed E-state index contributed by atoms with van der Waals surface area (Å²) in [5, 5.41) is 9.28. The van der Waals surface area contributed by atoms with Crippen LogP contribution in [-0.4, -0.2) is 53.6 Å². The Morgan fingerprint density at radius 3 is 2.74 bits per heavy atom. The molecule has 2 N–H and O–H groups in total. The van der Waals surface area contributed by atoms with Crippen LogP contribution in [0.4, 0.5) is 0 Å². The van der Waals surface area contributed by atoms with Gasteiger partial charge in [0.2, 0.25) is 11.8 Å². The van der Waals surface area contributed by atoms with Crippen molar-refractivity contribution in [1.82, 2.24) is 20.5 Å². The molecule has 2 amide bonds. The lowest BCUT2D eigenvalue weighted by Crippen LogP contribution is -2.55. The highest BCUT2D eigenvalue weighted by Gasteiger charge is 2.40. The van der Waals surface area contributed by atoms with Crippen molar-refractivity contribution in [1.29, 1.82) is 0 Å². The fourth-order valence-corrected chi connectivity index (χ4v) is 6.72. The maximum atomic E-state index is 13.9. The Balaban J connectivity index is 1.49. The minimum absolute atomic E-state index is 0.00324. The molecule has 1 aliphatic heterocycles. The van der Waals surface area contributed by atoms with E-state index in [0.29, 0.717) is 0 Å². The van der Waals surface area contributed by atoms with E-state index in [9.17, 15) is 9.59 Å². The first-order valence-corrected chi connectivity index (χ1v) is 15.0. The maximum Gasteiger partial charge on any atom is 0.246 e. The third-order valence-corrected chi connectivity index (χ3v) is 9.14. The van der Waals surface area contributed by atoms with Crippen LogP contribution in [0.3, 0.4) is 0 Å². The standard InChI is InChI=1S/C27H38N4O2S2/c1-18(28-2)25(32)30-24(20-10-5-4-6-11-20)27(33)31-14-8-13-23(31)26-29-21(17-35-26)15-19-9-7-12-22(16-19)34-3/h7,9,12,16-18,20,23-24,28H,4-6,8,10-11,13-15H2,1-3H3,(H,30,32)/t18-,23-,24-/m0/s1. The van der Waals surface area contributed by atoms with Crippen LogP contribution in [0.15, 0.2) is 34.5 Å². The van der Waals surface area contributed by atoms with Crippen molar-refractivity contribution in [2.45, 2.75) is 81.3 Å². The topological polar surface area (TPSA) is 74.3 Å². The number of hydrogen-bond donors (Lipinski definition) is 2. The third-order valence-electron chi connectivity index (χ3n) is 7.42. The highest BCUT2D eigenvalue weighted by atomic mass is 32.2. The molecule has 4 rings (SSSR count). The summed E-state index contributed by atoms with van der Waals surface area (Å²) in [6.45, 7) is 2.57. The maximum absolute atomic E-state index is 13.9. The molecule has 3 atom stereocenters. The number of amides is 2. The summed E-state index contributed by atoms with van der Waals surface area (Å²) in [4.78, 5) is 34.9. The van der Waals surface area contributed by atoms with Gasteiger partial charge in [0.1, 0.15) is 11.0 Å². The monoisotopic (exact) mass is 514 g/mol. The van der Waals surface area contributed by atoms with E-state index in [1.165, 1.54) is 16.9 Å². The lowest BCUT2D eigenvalue weighted by molar-refractivity contribution is -0.139. The number of nitrogens with one attached hydrogen (secondary N) is 2. The molecule has 2 heterocycles. The fourth-order valence-electron chi connectivity index (χ4n) is 5.27. The quantitative estimate of drug-likeness (QED) is 0.471. The molecule has 6 nitrogen and oxygen atoms in total. The molecule has 0 bridgehead atoms. The number of benzene rings is 1. The lowest BCUT2D eigenvalue weighted by Gasteiger charge is -2.35. The summed E-state index contributed by atoms with van der Waals surface area (Å²) in [7, 11) is 1.77. The van der Waals surface area contributed by atoms with Gasteiger partial charge in [-0.05, 0) is 69.5 Å². The number of carbonyl (C=O) groups is 2. The molecule has 0 spiro atoms. The average molecular weight is 515 g/mol. The highest BCUT2D eigenvalue weighted by Crippen LogP contribution is 2.36. The first-order valence-electron chi connectivity index (χ1n) is 12.9. The molecule has 0 radical (unpaired) electrons. The van der Waals surface area contributed by atoms with Gasteiger partial charge in [-0.15, -0.1) is 23.1 Å². The first-order chi connectivity index (χ1) is 17.0. The minimum atomic E-state index is -0.451. The van der Waals surface area contributed by atoms with Crippen LogP contribution in [0, 0.1) is 5.92 Å². The summed E-state index contributed by atoms with van der Waals surface area (Å²) in [6, 6.07) is 7.82. The Morgan fingerprint density at radius 2 is 2.00 bits per heavy atom. The van der Waals surface area contributed by atoms with Gasteiger partial charge in [0.05, 0.1) is 17.8 Å². The lowest BCUT2D eigenvalue weighted by atomic mass is 9.83. The van der Waals surface area contributed by atoms with Crippen molar-refractivity contribution < 1.29 is 9.59 Å². The van der Waals surface area contributed by atoms with Crippen LogP contribution in [0.2, 0.25) is 0 Å². The van der Waals surface area contributed by atoms with Crippen molar-refractivity contribution in [3.8, 4) is 0 Å². The number of thiazole rings is 1. The number of hydrogen-bond acceptors (Lipinski definition) is 6. The van der Waals surface area contributed by atoms with Crippen LogP contribution in [0.25, 0.3) is 0 Å². The molecule has 1 aliphatic carbocycles. The van der Waals surface area contributed by atoms with Crippen molar-refractivity contribution in [2.24, 2.45) is 5.92 Å². The Labute approximate surface area is 217 Å². The zero-order valence-electron chi connectivity index (χ0n) is 21.1. The van der Waals surface area contributed by atoms with Crippen molar-refractivity contribution in [2.75, 3.05) is 19.8 Å². The molecule has 1 saturated heterocycles. The van der Waals surface area contributed by atoms with E-state index in [-0.39, 0.29) is 29.8 Å². The van der Waals surface area contributed by atoms with Gasteiger partial charge in [0.25, 0.3) is 0 Å². The second kappa shape index (κ2) is 12.4. The van der Waals surface area contributed by atoms with E-state index in [4.69, 9.17) is 4.98 Å². The van der Waals surface area contributed by atoms with Crippen LogP contribution in [-0.2, 0) is 16.0 Å². The van der Waals surface area contributed by atoms with Crippen LogP contribution >= 0.6 is 23.1 Å². The van der Waals surface area contributed by atoms with Gasteiger partial charge >= 0.3 is 0 Å². The summed E-state index contributed by atoms with van der Waals surface area (Å²) >= 11 is 3.41. The van der Waals surface area contributed by atoms with Gasteiger partial charge in [0.15, 0.2) is 0 Å². The Kier molecular flexibility index (Phi) is 9.25. The molecule has 190 valence electrons. The van der Waals surface area contributed by atoms with Crippen LogP contribution in [0.5, 0.6) is 0 Å². The van der Waals surface area contributed by atoms with Gasteiger partial charge in [-0.2, -0.15) is 0 Å². The van der Waals surface area contributed by atoms with Crippen molar-refractivity contribution in [3.05, 3.63) is 45.9 Å². The zero-order chi connectivity index (χ0) is 24.8. The number of nitrogens with zero attached hydrogens (tertiary/aromatic N) is 2. The van der Waals surface area contributed by atoms with E-state index in [2.05, 4.69) is 46.5 Å². The van der Waals surface area contributed by atoms with E-state index < -0.39 is 6.04 Å². The third kappa shape index (κ3) is 6.46. The molecule has 2 aromatic rings. The molecule has 1 aromatic heterocycles. The molecule has 8 heteroatoms. The highest BCUT2D eigenvalue weighted by molar-refractivity contribution is 7.98. The molecule has 0 unspecified atom stereocenters. The summed E-state index contributed by atoms with van der Waals surface area (Å²) in [5.41, 5.74) is 2.31. The molecule has 2 fully saturated rings.